The topological polar surface area (TPSA) is 64.0 Å². The molecule has 0 aliphatic carbocycles. The highest BCUT2D eigenvalue weighted by molar-refractivity contribution is 7.99. The summed E-state index contributed by atoms with van der Waals surface area (Å²) in [4.78, 5) is 26.3. The van der Waals surface area contributed by atoms with Crippen molar-refractivity contribution in [3.8, 4) is 0 Å². The molecule has 4 rings (SSSR count). The Morgan fingerprint density at radius 1 is 1.16 bits per heavy atom. The van der Waals surface area contributed by atoms with Crippen LogP contribution in [0.4, 0.5) is 0 Å². The van der Waals surface area contributed by atoms with Crippen molar-refractivity contribution in [3.63, 3.8) is 0 Å². The minimum absolute atomic E-state index is 0.0391. The summed E-state index contributed by atoms with van der Waals surface area (Å²) in [5.41, 5.74) is 1.22. The van der Waals surface area contributed by atoms with Crippen LogP contribution in [0.15, 0.2) is 58.2 Å². The van der Waals surface area contributed by atoms with E-state index in [0.29, 0.717) is 10.8 Å². The number of thioether (sulfide) groups is 1. The average Bonchev–Trinajstić information content (AvgIpc) is 2.65. The van der Waals surface area contributed by atoms with Gasteiger partial charge in [0.1, 0.15) is 0 Å². The predicted molar refractivity (Wildman–Crippen MR) is 99.0 cm³/mol. The Morgan fingerprint density at radius 3 is 2.72 bits per heavy atom. The molecule has 1 aliphatic heterocycles. The van der Waals surface area contributed by atoms with Crippen molar-refractivity contribution in [3.05, 3.63) is 70.1 Å². The second kappa shape index (κ2) is 6.37. The summed E-state index contributed by atoms with van der Waals surface area (Å²) in [5, 5.41) is 8.40. The number of nitrogens with zero attached hydrogens (tertiary/aromatic N) is 2. The number of rotatable bonds is 2. The van der Waals surface area contributed by atoms with Crippen LogP contribution in [0.1, 0.15) is 28.5 Å². The van der Waals surface area contributed by atoms with Gasteiger partial charge in [-0.1, -0.05) is 36.4 Å². The van der Waals surface area contributed by atoms with Crippen molar-refractivity contribution in [1.82, 2.24) is 15.1 Å². The molecule has 0 spiro atoms. The third-order valence-electron chi connectivity index (χ3n) is 4.44. The quantitative estimate of drug-likeness (QED) is 0.771. The molecule has 1 aliphatic rings. The van der Waals surface area contributed by atoms with E-state index < -0.39 is 0 Å². The van der Waals surface area contributed by atoms with E-state index in [1.54, 1.807) is 25.2 Å². The van der Waals surface area contributed by atoms with Gasteiger partial charge in [0.05, 0.1) is 11.4 Å². The monoisotopic (exact) mass is 351 g/mol. The summed E-state index contributed by atoms with van der Waals surface area (Å²) in [6.45, 7) is 0. The van der Waals surface area contributed by atoms with Crippen molar-refractivity contribution in [2.24, 2.45) is 7.05 Å². The number of hydrogen-bond donors (Lipinski definition) is 1. The van der Waals surface area contributed by atoms with Crippen molar-refractivity contribution in [1.29, 1.82) is 0 Å². The van der Waals surface area contributed by atoms with E-state index in [-0.39, 0.29) is 23.2 Å². The van der Waals surface area contributed by atoms with E-state index in [4.69, 9.17) is 0 Å². The smallest absolute Gasteiger partial charge is 0.274 e. The normalized spacial score (nSPS) is 16.4. The van der Waals surface area contributed by atoms with Gasteiger partial charge in [-0.3, -0.25) is 9.59 Å². The zero-order valence-corrected chi connectivity index (χ0v) is 14.5. The van der Waals surface area contributed by atoms with Gasteiger partial charge in [-0.05, 0) is 24.1 Å². The number of aryl methyl sites for hydroxylation is 1. The van der Waals surface area contributed by atoms with Crippen molar-refractivity contribution >= 4 is 28.4 Å². The van der Waals surface area contributed by atoms with Crippen LogP contribution in [0, 0.1) is 0 Å². The van der Waals surface area contributed by atoms with Crippen molar-refractivity contribution < 1.29 is 4.79 Å². The van der Waals surface area contributed by atoms with E-state index in [1.807, 2.05) is 30.0 Å². The molecule has 1 aromatic heterocycles. The summed E-state index contributed by atoms with van der Waals surface area (Å²) in [5.74, 6) is 0.710. The third kappa shape index (κ3) is 2.82. The minimum Gasteiger partial charge on any atom is -0.344 e. The molecule has 3 aromatic rings. The average molecular weight is 351 g/mol. The fourth-order valence-electron chi connectivity index (χ4n) is 3.19. The maximum Gasteiger partial charge on any atom is 0.274 e. The molecular formula is C19H17N3O2S. The first kappa shape index (κ1) is 15.9. The molecule has 126 valence electrons. The largest absolute Gasteiger partial charge is 0.344 e. The molecule has 0 unspecified atom stereocenters. The molecule has 1 amide bonds. The van der Waals surface area contributed by atoms with Gasteiger partial charge in [-0.2, -0.15) is 5.10 Å². The van der Waals surface area contributed by atoms with Crippen molar-refractivity contribution in [2.45, 2.75) is 17.4 Å². The lowest BCUT2D eigenvalue weighted by Crippen LogP contribution is -2.33. The number of amides is 1. The molecule has 1 N–H and O–H groups in total. The van der Waals surface area contributed by atoms with Gasteiger partial charge in [0.2, 0.25) is 0 Å². The maximum absolute atomic E-state index is 12.9. The molecule has 0 radical (unpaired) electrons. The Kier molecular flexibility index (Phi) is 4.05. The van der Waals surface area contributed by atoms with Gasteiger partial charge in [-0.25, -0.2) is 4.68 Å². The van der Waals surface area contributed by atoms with Gasteiger partial charge < -0.3 is 5.32 Å². The zero-order valence-electron chi connectivity index (χ0n) is 13.7. The Bertz CT molecular complexity index is 1030. The highest BCUT2D eigenvalue weighted by Crippen LogP contribution is 2.35. The summed E-state index contributed by atoms with van der Waals surface area (Å²) in [6, 6.07) is 15.2. The molecule has 0 fully saturated rings. The van der Waals surface area contributed by atoms with E-state index in [2.05, 4.69) is 22.5 Å². The number of carbonyl (C=O) groups is 1. The van der Waals surface area contributed by atoms with Crippen LogP contribution in [-0.4, -0.2) is 21.4 Å². The second-order valence-corrected chi connectivity index (χ2v) is 7.16. The Labute approximate surface area is 149 Å². The summed E-state index contributed by atoms with van der Waals surface area (Å²) in [6.07, 6.45) is 0.872. The Hall–Kier alpha value is -2.60. The van der Waals surface area contributed by atoms with E-state index >= 15 is 0 Å². The maximum atomic E-state index is 12.9. The first-order valence-electron chi connectivity index (χ1n) is 8.14. The number of nitrogens with one attached hydrogen (secondary N) is 1. The molecule has 1 atom stereocenters. The van der Waals surface area contributed by atoms with Gasteiger partial charge in [0, 0.05) is 23.1 Å². The lowest BCUT2D eigenvalue weighted by molar-refractivity contribution is 0.0929. The number of benzene rings is 2. The van der Waals surface area contributed by atoms with Crippen LogP contribution in [-0.2, 0) is 7.05 Å². The van der Waals surface area contributed by atoms with E-state index in [9.17, 15) is 9.59 Å². The SMILES string of the molecule is Cn1nc(C(=O)N[C@H]2CCSc3ccccc32)c2ccccc2c1=O. The molecule has 2 aromatic carbocycles. The third-order valence-corrected chi connectivity index (χ3v) is 5.56. The lowest BCUT2D eigenvalue weighted by atomic mass is 10.0. The summed E-state index contributed by atoms with van der Waals surface area (Å²) < 4.78 is 1.22. The highest BCUT2D eigenvalue weighted by Gasteiger charge is 2.24. The van der Waals surface area contributed by atoms with Crippen LogP contribution in [0.5, 0.6) is 0 Å². The standard InChI is InChI=1S/C19H17N3O2S/c1-22-19(24)13-7-3-2-6-12(13)17(21-22)18(23)20-15-10-11-25-16-9-5-4-8-14(15)16/h2-9,15H,10-11H2,1H3,(H,20,23)/t15-/m0/s1. The van der Waals surface area contributed by atoms with Gasteiger partial charge >= 0.3 is 0 Å². The highest BCUT2D eigenvalue weighted by atomic mass is 32.2. The van der Waals surface area contributed by atoms with Crippen LogP contribution in [0.3, 0.4) is 0 Å². The molecule has 0 bridgehead atoms. The van der Waals surface area contributed by atoms with Gasteiger partial charge in [0.25, 0.3) is 11.5 Å². The molecule has 0 saturated carbocycles. The molecule has 6 heteroatoms. The van der Waals surface area contributed by atoms with Crippen LogP contribution >= 0.6 is 11.8 Å². The van der Waals surface area contributed by atoms with Gasteiger partial charge in [0.15, 0.2) is 5.69 Å². The Balaban J connectivity index is 1.73. The Morgan fingerprint density at radius 2 is 1.88 bits per heavy atom. The van der Waals surface area contributed by atoms with Gasteiger partial charge in [-0.15, -0.1) is 11.8 Å². The van der Waals surface area contributed by atoms with E-state index in [0.717, 1.165) is 17.7 Å². The first-order chi connectivity index (χ1) is 12.1. The first-order valence-corrected chi connectivity index (χ1v) is 9.12. The van der Waals surface area contributed by atoms with Crippen LogP contribution in [0.25, 0.3) is 10.8 Å². The summed E-state index contributed by atoms with van der Waals surface area (Å²) >= 11 is 1.81. The van der Waals surface area contributed by atoms with Crippen molar-refractivity contribution in [2.75, 3.05) is 5.75 Å². The number of hydrogen-bond acceptors (Lipinski definition) is 4. The van der Waals surface area contributed by atoms with E-state index in [1.165, 1.54) is 9.58 Å². The molecule has 2 heterocycles. The second-order valence-electron chi connectivity index (χ2n) is 6.02. The zero-order chi connectivity index (χ0) is 17.4. The predicted octanol–water partition coefficient (Wildman–Crippen LogP) is 2.90. The molecule has 0 saturated heterocycles. The number of carbonyl (C=O) groups excluding carboxylic acids is 1. The van der Waals surface area contributed by atoms with Crippen LogP contribution in [0.2, 0.25) is 0 Å². The number of aromatic nitrogens is 2. The minimum atomic E-state index is -0.251. The number of fused-ring (bicyclic) bond motifs is 2. The molecule has 25 heavy (non-hydrogen) atoms. The fraction of sp³-hybridized carbons (Fsp3) is 0.211. The fourth-order valence-corrected chi connectivity index (χ4v) is 4.31. The molecular weight excluding hydrogens is 334 g/mol. The molecule has 5 nitrogen and oxygen atoms in total. The lowest BCUT2D eigenvalue weighted by Gasteiger charge is -2.25. The summed E-state index contributed by atoms with van der Waals surface area (Å²) in [7, 11) is 1.57. The van der Waals surface area contributed by atoms with Crippen LogP contribution < -0.4 is 10.9 Å².